The number of hydrogen-bond acceptors (Lipinski definition) is 4. The van der Waals surface area contributed by atoms with Crippen molar-refractivity contribution >= 4 is 11.8 Å². The topological polar surface area (TPSA) is 64.9 Å². The Bertz CT molecular complexity index is 254. The molecule has 5 nitrogen and oxygen atoms in total. The zero-order valence-corrected chi connectivity index (χ0v) is 9.91. The highest BCUT2D eigenvalue weighted by Gasteiger charge is 2.09. The fourth-order valence-electron chi connectivity index (χ4n) is 1.75. The Kier molecular flexibility index (Phi) is 5.85. The van der Waals surface area contributed by atoms with Gasteiger partial charge in [0.05, 0.1) is 12.3 Å². The number of carboxylic acid groups (broad SMARTS) is 1. The van der Waals surface area contributed by atoms with Gasteiger partial charge in [0.1, 0.15) is 0 Å². The molecule has 5 heteroatoms. The molecule has 0 fully saturated rings. The van der Waals surface area contributed by atoms with E-state index in [0.717, 1.165) is 44.9 Å². The molecule has 0 saturated heterocycles. The zero-order chi connectivity index (χ0) is 11.8. The van der Waals surface area contributed by atoms with Crippen LogP contribution in [0.3, 0.4) is 0 Å². The fourth-order valence-corrected chi connectivity index (χ4v) is 1.75. The molecule has 0 aromatic rings. The van der Waals surface area contributed by atoms with Crippen LogP contribution in [0.5, 0.6) is 0 Å². The summed E-state index contributed by atoms with van der Waals surface area (Å²) in [6.45, 7) is 6.55. The lowest BCUT2D eigenvalue weighted by Crippen LogP contribution is -2.35. The SMILES string of the molecule is CC1=NCCCN1CCCNCCC(=O)O. The quantitative estimate of drug-likeness (QED) is 0.624. The molecule has 0 spiro atoms. The van der Waals surface area contributed by atoms with Crippen LogP contribution in [0.2, 0.25) is 0 Å². The third kappa shape index (κ3) is 5.11. The fraction of sp³-hybridized carbons (Fsp3) is 0.818. The molecule has 0 amide bonds. The summed E-state index contributed by atoms with van der Waals surface area (Å²) in [4.78, 5) is 16.9. The minimum atomic E-state index is -0.744. The minimum absolute atomic E-state index is 0.199. The van der Waals surface area contributed by atoms with Gasteiger partial charge in [-0.25, -0.2) is 0 Å². The van der Waals surface area contributed by atoms with E-state index in [1.807, 2.05) is 0 Å². The molecular weight excluding hydrogens is 206 g/mol. The van der Waals surface area contributed by atoms with Crippen molar-refractivity contribution in [3.63, 3.8) is 0 Å². The number of carboxylic acids is 1. The Balaban J connectivity index is 2.00. The molecule has 0 unspecified atom stereocenters. The zero-order valence-electron chi connectivity index (χ0n) is 9.91. The van der Waals surface area contributed by atoms with Crippen LogP contribution in [0.25, 0.3) is 0 Å². The van der Waals surface area contributed by atoms with Crippen molar-refractivity contribution in [1.29, 1.82) is 0 Å². The maximum Gasteiger partial charge on any atom is 0.304 e. The van der Waals surface area contributed by atoms with Crippen LogP contribution in [0.1, 0.15) is 26.2 Å². The highest BCUT2D eigenvalue weighted by molar-refractivity contribution is 5.80. The van der Waals surface area contributed by atoms with E-state index in [9.17, 15) is 4.79 Å². The van der Waals surface area contributed by atoms with Gasteiger partial charge in [-0.2, -0.15) is 0 Å². The van der Waals surface area contributed by atoms with E-state index >= 15 is 0 Å². The number of rotatable bonds is 7. The van der Waals surface area contributed by atoms with Gasteiger partial charge in [-0.3, -0.25) is 9.79 Å². The van der Waals surface area contributed by atoms with E-state index in [1.165, 1.54) is 0 Å². The van der Waals surface area contributed by atoms with E-state index in [0.29, 0.717) is 6.54 Å². The van der Waals surface area contributed by atoms with Gasteiger partial charge < -0.3 is 15.3 Å². The van der Waals surface area contributed by atoms with Crippen molar-refractivity contribution in [2.24, 2.45) is 4.99 Å². The highest BCUT2D eigenvalue weighted by atomic mass is 16.4. The first-order chi connectivity index (χ1) is 7.70. The molecule has 0 aromatic heterocycles. The Morgan fingerprint density at radius 1 is 1.56 bits per heavy atom. The number of aliphatic carboxylic acids is 1. The molecule has 0 atom stereocenters. The largest absolute Gasteiger partial charge is 0.481 e. The molecule has 0 saturated carbocycles. The number of aliphatic imine (C=N–C) groups is 1. The third-order valence-electron chi connectivity index (χ3n) is 2.68. The van der Waals surface area contributed by atoms with Gasteiger partial charge in [0.2, 0.25) is 0 Å². The maximum absolute atomic E-state index is 10.3. The van der Waals surface area contributed by atoms with E-state index < -0.39 is 5.97 Å². The maximum atomic E-state index is 10.3. The first-order valence-corrected chi connectivity index (χ1v) is 5.88. The Labute approximate surface area is 96.5 Å². The standard InChI is InChI=1S/C11H21N3O2/c1-10-13-6-3-9-14(10)8-2-5-12-7-4-11(15)16/h12H,2-9H2,1H3,(H,15,16). The van der Waals surface area contributed by atoms with Gasteiger partial charge in [0.25, 0.3) is 0 Å². The lowest BCUT2D eigenvalue weighted by molar-refractivity contribution is -0.136. The molecule has 2 N–H and O–H groups in total. The second-order valence-corrected chi connectivity index (χ2v) is 4.02. The summed E-state index contributed by atoms with van der Waals surface area (Å²) in [6.07, 6.45) is 2.38. The van der Waals surface area contributed by atoms with Crippen molar-refractivity contribution in [3.8, 4) is 0 Å². The second-order valence-electron chi connectivity index (χ2n) is 4.02. The first-order valence-electron chi connectivity index (χ1n) is 5.88. The summed E-state index contributed by atoms with van der Waals surface area (Å²) in [7, 11) is 0. The molecule has 1 heterocycles. The monoisotopic (exact) mass is 227 g/mol. The third-order valence-corrected chi connectivity index (χ3v) is 2.68. The van der Waals surface area contributed by atoms with Crippen LogP contribution >= 0.6 is 0 Å². The second kappa shape index (κ2) is 7.22. The Morgan fingerprint density at radius 3 is 3.06 bits per heavy atom. The number of amidine groups is 1. The molecule has 0 radical (unpaired) electrons. The smallest absolute Gasteiger partial charge is 0.304 e. The Morgan fingerprint density at radius 2 is 2.38 bits per heavy atom. The van der Waals surface area contributed by atoms with Gasteiger partial charge in [-0.05, 0) is 26.3 Å². The number of carbonyl (C=O) groups is 1. The molecule has 16 heavy (non-hydrogen) atoms. The van der Waals surface area contributed by atoms with Gasteiger partial charge >= 0.3 is 5.97 Å². The Hall–Kier alpha value is -1.10. The first kappa shape index (κ1) is 13.0. The number of nitrogens with one attached hydrogen (secondary N) is 1. The van der Waals surface area contributed by atoms with Crippen molar-refractivity contribution in [1.82, 2.24) is 10.2 Å². The van der Waals surface area contributed by atoms with E-state index in [4.69, 9.17) is 5.11 Å². The highest BCUT2D eigenvalue weighted by Crippen LogP contribution is 2.02. The molecule has 92 valence electrons. The summed E-state index contributed by atoms with van der Waals surface area (Å²) in [5.74, 6) is 0.392. The summed E-state index contributed by atoms with van der Waals surface area (Å²) in [6, 6.07) is 0. The molecule has 0 aliphatic carbocycles. The van der Waals surface area contributed by atoms with Crippen LogP contribution in [-0.4, -0.2) is 54.5 Å². The number of nitrogens with zero attached hydrogens (tertiary/aromatic N) is 2. The average Bonchev–Trinajstić information content (AvgIpc) is 2.25. The summed E-state index contributed by atoms with van der Waals surface area (Å²) in [5.41, 5.74) is 0. The number of hydrogen-bond donors (Lipinski definition) is 2. The average molecular weight is 227 g/mol. The van der Waals surface area contributed by atoms with Crippen molar-refractivity contribution in [2.45, 2.75) is 26.2 Å². The van der Waals surface area contributed by atoms with Gasteiger partial charge in [0, 0.05) is 26.2 Å². The van der Waals surface area contributed by atoms with Gasteiger partial charge in [-0.15, -0.1) is 0 Å². The van der Waals surface area contributed by atoms with E-state index in [1.54, 1.807) is 0 Å². The normalized spacial score (nSPS) is 16.1. The molecule has 0 aromatic carbocycles. The van der Waals surface area contributed by atoms with Gasteiger partial charge in [-0.1, -0.05) is 0 Å². The molecular formula is C11H21N3O2. The predicted octanol–water partition coefficient (Wildman–Crippen LogP) is 0.565. The lowest BCUT2D eigenvalue weighted by Gasteiger charge is -2.27. The van der Waals surface area contributed by atoms with E-state index in [2.05, 4.69) is 22.1 Å². The van der Waals surface area contributed by atoms with Crippen molar-refractivity contribution < 1.29 is 9.90 Å². The minimum Gasteiger partial charge on any atom is -0.481 e. The molecule has 1 rings (SSSR count). The van der Waals surface area contributed by atoms with Crippen LogP contribution in [-0.2, 0) is 4.79 Å². The van der Waals surface area contributed by atoms with Crippen molar-refractivity contribution in [3.05, 3.63) is 0 Å². The predicted molar refractivity (Wildman–Crippen MR) is 63.9 cm³/mol. The van der Waals surface area contributed by atoms with E-state index in [-0.39, 0.29) is 6.42 Å². The molecule has 1 aliphatic heterocycles. The van der Waals surface area contributed by atoms with Gasteiger partial charge in [0.15, 0.2) is 0 Å². The van der Waals surface area contributed by atoms with Crippen LogP contribution in [0.15, 0.2) is 4.99 Å². The summed E-state index contributed by atoms with van der Waals surface area (Å²) in [5, 5.41) is 11.6. The van der Waals surface area contributed by atoms with Crippen LogP contribution < -0.4 is 5.32 Å². The van der Waals surface area contributed by atoms with Crippen LogP contribution in [0, 0.1) is 0 Å². The molecule has 0 bridgehead atoms. The summed E-state index contributed by atoms with van der Waals surface area (Å²) >= 11 is 0. The van der Waals surface area contributed by atoms with Crippen LogP contribution in [0.4, 0.5) is 0 Å². The van der Waals surface area contributed by atoms with Crippen molar-refractivity contribution in [2.75, 3.05) is 32.7 Å². The lowest BCUT2D eigenvalue weighted by atomic mass is 10.3. The molecule has 1 aliphatic rings. The summed E-state index contributed by atoms with van der Waals surface area (Å²) < 4.78 is 0.